The Morgan fingerprint density at radius 3 is 2.93 bits per heavy atom. The summed E-state index contributed by atoms with van der Waals surface area (Å²) in [5.74, 6) is 0.875. The summed E-state index contributed by atoms with van der Waals surface area (Å²) < 4.78 is 0.987. The predicted octanol–water partition coefficient (Wildman–Crippen LogP) is 2.38. The van der Waals surface area contributed by atoms with Gasteiger partial charge in [0.15, 0.2) is 0 Å². The quantitative estimate of drug-likeness (QED) is 0.852. The first-order chi connectivity index (χ1) is 6.72. The molecule has 0 radical (unpaired) electrons. The molecule has 78 valence electrons. The number of pyridine rings is 1. The van der Waals surface area contributed by atoms with Crippen LogP contribution in [0.3, 0.4) is 0 Å². The molecule has 0 saturated carbocycles. The summed E-state index contributed by atoms with van der Waals surface area (Å²) in [5.41, 5.74) is 5.86. The lowest BCUT2D eigenvalue weighted by Crippen LogP contribution is -2.28. The van der Waals surface area contributed by atoms with Gasteiger partial charge in [0.25, 0.3) is 0 Å². The zero-order valence-electron chi connectivity index (χ0n) is 8.33. The largest absolute Gasteiger partial charge is 0.369 e. The van der Waals surface area contributed by atoms with Crippen molar-refractivity contribution in [2.75, 3.05) is 11.9 Å². The van der Waals surface area contributed by atoms with E-state index < -0.39 is 0 Å². The van der Waals surface area contributed by atoms with Crippen molar-refractivity contribution in [3.05, 3.63) is 22.8 Å². The fourth-order valence-corrected chi connectivity index (χ4v) is 1.42. The zero-order chi connectivity index (χ0) is 10.4. The van der Waals surface area contributed by atoms with Crippen molar-refractivity contribution >= 4 is 21.7 Å². The van der Waals surface area contributed by atoms with Crippen LogP contribution in [-0.2, 0) is 0 Å². The van der Waals surface area contributed by atoms with Gasteiger partial charge in [0.05, 0.1) is 0 Å². The second-order valence-electron chi connectivity index (χ2n) is 3.29. The van der Waals surface area contributed by atoms with Crippen molar-refractivity contribution in [3.8, 4) is 0 Å². The maximum absolute atomic E-state index is 5.86. The highest BCUT2D eigenvalue weighted by Crippen LogP contribution is 2.10. The second kappa shape index (κ2) is 5.98. The Morgan fingerprint density at radius 1 is 1.57 bits per heavy atom. The zero-order valence-corrected chi connectivity index (χ0v) is 9.92. The molecule has 1 atom stereocenters. The lowest BCUT2D eigenvalue weighted by molar-refractivity contribution is 0.626. The Hall–Kier alpha value is -0.610. The van der Waals surface area contributed by atoms with Gasteiger partial charge in [-0.2, -0.15) is 0 Å². The molecule has 0 spiro atoms. The second-order valence-corrected chi connectivity index (χ2v) is 4.21. The van der Waals surface area contributed by atoms with Crippen LogP contribution in [0.15, 0.2) is 22.8 Å². The van der Waals surface area contributed by atoms with E-state index >= 15 is 0 Å². The molecule has 0 aliphatic rings. The monoisotopic (exact) mass is 257 g/mol. The molecule has 1 heterocycles. The molecule has 0 aliphatic carbocycles. The Labute approximate surface area is 93.2 Å². The Bertz CT molecular complexity index is 261. The van der Waals surface area contributed by atoms with Crippen molar-refractivity contribution < 1.29 is 0 Å². The van der Waals surface area contributed by atoms with Gasteiger partial charge in [0, 0.05) is 23.3 Å². The molecule has 0 fully saturated rings. The minimum absolute atomic E-state index is 0.213. The van der Waals surface area contributed by atoms with Gasteiger partial charge in [-0.05, 0) is 34.5 Å². The molecule has 3 N–H and O–H groups in total. The van der Waals surface area contributed by atoms with Gasteiger partial charge in [-0.15, -0.1) is 0 Å². The van der Waals surface area contributed by atoms with Crippen LogP contribution in [0.4, 0.5) is 5.82 Å². The molecule has 0 amide bonds. The minimum atomic E-state index is 0.213. The SMILES string of the molecule is CCCC(N)CNc1ccc(Br)cn1. The minimum Gasteiger partial charge on any atom is -0.369 e. The standard InChI is InChI=1S/C10H16BrN3/c1-2-3-9(12)7-14-10-5-4-8(11)6-13-10/h4-6,9H,2-3,7,12H2,1H3,(H,13,14). The first-order valence-electron chi connectivity index (χ1n) is 4.83. The summed E-state index contributed by atoms with van der Waals surface area (Å²) in [6.45, 7) is 2.92. The van der Waals surface area contributed by atoms with Gasteiger partial charge < -0.3 is 11.1 Å². The van der Waals surface area contributed by atoms with E-state index in [0.29, 0.717) is 0 Å². The number of hydrogen-bond acceptors (Lipinski definition) is 3. The maximum Gasteiger partial charge on any atom is 0.126 e. The summed E-state index contributed by atoms with van der Waals surface area (Å²) in [6.07, 6.45) is 3.94. The maximum atomic E-state index is 5.86. The van der Waals surface area contributed by atoms with Crippen LogP contribution >= 0.6 is 15.9 Å². The molecule has 0 aromatic carbocycles. The fourth-order valence-electron chi connectivity index (χ4n) is 1.19. The number of hydrogen-bond donors (Lipinski definition) is 2. The number of nitrogens with one attached hydrogen (secondary N) is 1. The number of nitrogens with zero attached hydrogens (tertiary/aromatic N) is 1. The normalized spacial score (nSPS) is 12.5. The van der Waals surface area contributed by atoms with Crippen LogP contribution in [0, 0.1) is 0 Å². The average molecular weight is 258 g/mol. The van der Waals surface area contributed by atoms with Crippen LogP contribution in [0.25, 0.3) is 0 Å². The van der Waals surface area contributed by atoms with Crippen LogP contribution < -0.4 is 11.1 Å². The third kappa shape index (κ3) is 4.07. The van der Waals surface area contributed by atoms with Crippen molar-refractivity contribution in [2.24, 2.45) is 5.73 Å². The van der Waals surface area contributed by atoms with E-state index in [1.807, 2.05) is 12.1 Å². The van der Waals surface area contributed by atoms with E-state index in [0.717, 1.165) is 29.7 Å². The lowest BCUT2D eigenvalue weighted by atomic mass is 10.2. The number of aromatic nitrogens is 1. The molecular weight excluding hydrogens is 242 g/mol. The summed E-state index contributed by atoms with van der Waals surface area (Å²) in [6, 6.07) is 4.11. The summed E-state index contributed by atoms with van der Waals surface area (Å²) in [5, 5.41) is 3.20. The fraction of sp³-hybridized carbons (Fsp3) is 0.500. The summed E-state index contributed by atoms with van der Waals surface area (Å²) in [4.78, 5) is 4.20. The van der Waals surface area contributed by atoms with E-state index in [-0.39, 0.29) is 6.04 Å². The Balaban J connectivity index is 2.34. The van der Waals surface area contributed by atoms with Crippen LogP contribution in [0.1, 0.15) is 19.8 Å². The third-order valence-corrected chi connectivity index (χ3v) is 2.40. The average Bonchev–Trinajstić information content (AvgIpc) is 2.17. The number of halogens is 1. The smallest absolute Gasteiger partial charge is 0.126 e. The van der Waals surface area contributed by atoms with Gasteiger partial charge in [0.2, 0.25) is 0 Å². The van der Waals surface area contributed by atoms with Gasteiger partial charge >= 0.3 is 0 Å². The van der Waals surface area contributed by atoms with Crippen molar-refractivity contribution in [1.29, 1.82) is 0 Å². The van der Waals surface area contributed by atoms with Crippen LogP contribution in [-0.4, -0.2) is 17.6 Å². The summed E-state index contributed by atoms with van der Waals surface area (Å²) >= 11 is 3.34. The van der Waals surface area contributed by atoms with Gasteiger partial charge in [-0.25, -0.2) is 4.98 Å². The summed E-state index contributed by atoms with van der Waals surface area (Å²) in [7, 11) is 0. The van der Waals surface area contributed by atoms with Crippen molar-refractivity contribution in [2.45, 2.75) is 25.8 Å². The van der Waals surface area contributed by atoms with Crippen molar-refractivity contribution in [1.82, 2.24) is 4.98 Å². The topological polar surface area (TPSA) is 50.9 Å². The molecule has 14 heavy (non-hydrogen) atoms. The molecule has 1 rings (SSSR count). The van der Waals surface area contributed by atoms with E-state index in [1.165, 1.54) is 0 Å². The van der Waals surface area contributed by atoms with Gasteiger partial charge in [-0.1, -0.05) is 13.3 Å². The Morgan fingerprint density at radius 2 is 2.36 bits per heavy atom. The molecule has 0 saturated heterocycles. The third-order valence-electron chi connectivity index (χ3n) is 1.93. The highest BCUT2D eigenvalue weighted by atomic mass is 79.9. The van der Waals surface area contributed by atoms with Gasteiger partial charge in [-0.3, -0.25) is 0 Å². The first-order valence-corrected chi connectivity index (χ1v) is 5.62. The van der Waals surface area contributed by atoms with Crippen LogP contribution in [0.2, 0.25) is 0 Å². The molecule has 4 heteroatoms. The molecular formula is C10H16BrN3. The molecule has 0 aliphatic heterocycles. The lowest BCUT2D eigenvalue weighted by Gasteiger charge is -2.11. The van der Waals surface area contributed by atoms with E-state index in [9.17, 15) is 0 Å². The first kappa shape index (κ1) is 11.5. The molecule has 1 aromatic heterocycles. The highest BCUT2D eigenvalue weighted by Gasteiger charge is 2.00. The van der Waals surface area contributed by atoms with Crippen molar-refractivity contribution in [3.63, 3.8) is 0 Å². The number of rotatable bonds is 5. The van der Waals surface area contributed by atoms with E-state index in [4.69, 9.17) is 5.73 Å². The van der Waals surface area contributed by atoms with Crippen LogP contribution in [0.5, 0.6) is 0 Å². The molecule has 1 aromatic rings. The molecule has 3 nitrogen and oxygen atoms in total. The Kier molecular flexibility index (Phi) is 4.90. The molecule has 0 bridgehead atoms. The number of anilines is 1. The van der Waals surface area contributed by atoms with E-state index in [1.54, 1.807) is 6.20 Å². The van der Waals surface area contributed by atoms with Gasteiger partial charge in [0.1, 0.15) is 5.82 Å². The predicted molar refractivity (Wildman–Crippen MR) is 63.3 cm³/mol. The van der Waals surface area contributed by atoms with E-state index in [2.05, 4.69) is 33.2 Å². The number of nitrogens with two attached hydrogens (primary N) is 1. The highest BCUT2D eigenvalue weighted by molar-refractivity contribution is 9.10. The molecule has 1 unspecified atom stereocenters.